The van der Waals surface area contributed by atoms with E-state index in [0.29, 0.717) is 12.0 Å². The monoisotopic (exact) mass is 501 g/mol. The number of guanidine groups is 1. The maximum absolute atomic E-state index is 11.8. The number of nitrogens with one attached hydrogen (secondary N) is 2. The number of nitrogens with zero attached hydrogens (tertiary/aromatic N) is 3. The average molecular weight is 501 g/mol. The Morgan fingerprint density at radius 1 is 1.21 bits per heavy atom. The lowest BCUT2D eigenvalue weighted by atomic mass is 9.95. The third-order valence-electron chi connectivity index (χ3n) is 5.12. The molecule has 1 unspecified atom stereocenters. The summed E-state index contributed by atoms with van der Waals surface area (Å²) in [4.78, 5) is 20.4. The number of carbonyl (C=O) groups excluding carboxylic acids is 1. The highest BCUT2D eigenvalue weighted by atomic mass is 127. The van der Waals surface area contributed by atoms with E-state index < -0.39 is 0 Å². The molecule has 158 valence electrons. The van der Waals surface area contributed by atoms with Gasteiger partial charge < -0.3 is 15.5 Å². The first-order valence-corrected chi connectivity index (χ1v) is 10.0. The third-order valence-corrected chi connectivity index (χ3v) is 5.12. The van der Waals surface area contributed by atoms with Crippen molar-refractivity contribution < 1.29 is 4.79 Å². The van der Waals surface area contributed by atoms with Gasteiger partial charge in [-0.3, -0.25) is 9.69 Å². The minimum atomic E-state index is -0.00293. The van der Waals surface area contributed by atoms with E-state index >= 15 is 0 Å². The second-order valence-electron chi connectivity index (χ2n) is 7.51. The Hall–Kier alpha value is -1.35. The van der Waals surface area contributed by atoms with E-state index in [1.54, 1.807) is 19.0 Å². The van der Waals surface area contributed by atoms with Gasteiger partial charge in [-0.05, 0) is 44.3 Å². The SMILES string of the molecule is CCNC(=NCC(=O)N(C)C)NCC(c1ccccc1)N1CCC(C)CC1.I. The zero-order valence-electron chi connectivity index (χ0n) is 17.6. The van der Waals surface area contributed by atoms with Crippen molar-refractivity contribution in [2.24, 2.45) is 10.9 Å². The van der Waals surface area contributed by atoms with Gasteiger partial charge in [0.2, 0.25) is 5.91 Å². The smallest absolute Gasteiger partial charge is 0.243 e. The van der Waals surface area contributed by atoms with Crippen LogP contribution in [0.2, 0.25) is 0 Å². The molecule has 1 aliphatic rings. The number of benzene rings is 1. The lowest BCUT2D eigenvalue weighted by Gasteiger charge is -2.37. The molecule has 6 nitrogen and oxygen atoms in total. The second-order valence-corrected chi connectivity index (χ2v) is 7.51. The van der Waals surface area contributed by atoms with E-state index in [9.17, 15) is 4.79 Å². The lowest BCUT2D eigenvalue weighted by molar-refractivity contribution is -0.127. The maximum Gasteiger partial charge on any atom is 0.243 e. The molecule has 2 rings (SSSR count). The van der Waals surface area contributed by atoms with Crippen LogP contribution in [0.1, 0.15) is 38.3 Å². The first-order chi connectivity index (χ1) is 13.0. The van der Waals surface area contributed by atoms with Crippen LogP contribution in [0.4, 0.5) is 0 Å². The van der Waals surface area contributed by atoms with Crippen LogP contribution in [-0.4, -0.2) is 68.5 Å². The van der Waals surface area contributed by atoms with Crippen molar-refractivity contribution in [1.29, 1.82) is 0 Å². The zero-order chi connectivity index (χ0) is 19.6. The van der Waals surface area contributed by atoms with Gasteiger partial charge in [-0.25, -0.2) is 4.99 Å². The molecule has 1 atom stereocenters. The molecule has 1 aliphatic heterocycles. The first-order valence-electron chi connectivity index (χ1n) is 10.0. The van der Waals surface area contributed by atoms with Crippen LogP contribution in [0, 0.1) is 5.92 Å². The van der Waals surface area contributed by atoms with Gasteiger partial charge in [0.15, 0.2) is 5.96 Å². The molecule has 1 aromatic rings. The van der Waals surface area contributed by atoms with Crippen molar-refractivity contribution in [2.75, 3.05) is 46.8 Å². The minimum absolute atomic E-state index is 0. The Balaban J connectivity index is 0.00000392. The van der Waals surface area contributed by atoms with E-state index in [-0.39, 0.29) is 36.4 Å². The Kier molecular flexibility index (Phi) is 11.4. The molecule has 7 heteroatoms. The molecule has 0 spiro atoms. The number of likely N-dealkylation sites (tertiary alicyclic amines) is 1. The van der Waals surface area contributed by atoms with Crippen molar-refractivity contribution in [1.82, 2.24) is 20.4 Å². The van der Waals surface area contributed by atoms with Gasteiger partial charge in [-0.2, -0.15) is 0 Å². The van der Waals surface area contributed by atoms with Crippen LogP contribution in [0.3, 0.4) is 0 Å². The number of aliphatic imine (C=N–C) groups is 1. The average Bonchev–Trinajstić information content (AvgIpc) is 2.68. The van der Waals surface area contributed by atoms with Crippen LogP contribution in [0.15, 0.2) is 35.3 Å². The Morgan fingerprint density at radius 2 is 1.86 bits per heavy atom. The van der Waals surface area contributed by atoms with Gasteiger partial charge in [0.1, 0.15) is 6.54 Å². The molecule has 1 saturated heterocycles. The molecule has 1 heterocycles. The number of amides is 1. The summed E-state index contributed by atoms with van der Waals surface area (Å²) in [5.41, 5.74) is 1.32. The minimum Gasteiger partial charge on any atom is -0.357 e. The fraction of sp³-hybridized carbons (Fsp3) is 0.619. The van der Waals surface area contributed by atoms with Crippen molar-refractivity contribution in [3.63, 3.8) is 0 Å². The summed E-state index contributed by atoms with van der Waals surface area (Å²) in [5, 5.41) is 6.69. The summed E-state index contributed by atoms with van der Waals surface area (Å²) in [6.07, 6.45) is 2.49. The maximum atomic E-state index is 11.8. The topological polar surface area (TPSA) is 60.0 Å². The van der Waals surface area contributed by atoms with Crippen molar-refractivity contribution in [2.45, 2.75) is 32.7 Å². The van der Waals surface area contributed by atoms with Gasteiger partial charge >= 0.3 is 0 Å². The highest BCUT2D eigenvalue weighted by Crippen LogP contribution is 2.26. The quantitative estimate of drug-likeness (QED) is 0.343. The summed E-state index contributed by atoms with van der Waals surface area (Å²) < 4.78 is 0. The van der Waals surface area contributed by atoms with E-state index in [0.717, 1.165) is 32.1 Å². The molecule has 1 fully saturated rings. The van der Waals surface area contributed by atoms with Gasteiger partial charge in [-0.1, -0.05) is 37.3 Å². The molecular formula is C21H36IN5O. The summed E-state index contributed by atoms with van der Waals surface area (Å²) in [6, 6.07) is 11.0. The number of hydrogen-bond acceptors (Lipinski definition) is 3. The first kappa shape index (κ1) is 24.7. The van der Waals surface area contributed by atoms with Crippen LogP contribution >= 0.6 is 24.0 Å². The Labute approximate surface area is 187 Å². The number of piperidine rings is 1. The zero-order valence-corrected chi connectivity index (χ0v) is 20.0. The van der Waals surface area contributed by atoms with Gasteiger partial charge in [0.05, 0.1) is 6.04 Å². The highest BCUT2D eigenvalue weighted by Gasteiger charge is 2.24. The van der Waals surface area contributed by atoms with Gasteiger partial charge in [-0.15, -0.1) is 24.0 Å². The van der Waals surface area contributed by atoms with E-state index in [4.69, 9.17) is 0 Å². The molecule has 2 N–H and O–H groups in total. The van der Waals surface area contributed by atoms with Crippen LogP contribution < -0.4 is 10.6 Å². The molecule has 0 aliphatic carbocycles. The third kappa shape index (κ3) is 7.95. The fourth-order valence-corrected chi connectivity index (χ4v) is 3.30. The predicted molar refractivity (Wildman–Crippen MR) is 127 cm³/mol. The molecular weight excluding hydrogens is 465 g/mol. The second kappa shape index (κ2) is 13.0. The van der Waals surface area contributed by atoms with E-state index in [1.807, 2.05) is 6.92 Å². The van der Waals surface area contributed by atoms with Gasteiger partial charge in [0, 0.05) is 27.2 Å². The van der Waals surface area contributed by atoms with E-state index in [1.165, 1.54) is 18.4 Å². The van der Waals surface area contributed by atoms with Crippen molar-refractivity contribution in [3.05, 3.63) is 35.9 Å². The Bertz CT molecular complexity index is 600. The molecule has 0 aromatic heterocycles. The predicted octanol–water partition coefficient (Wildman–Crippen LogP) is 2.72. The number of hydrogen-bond donors (Lipinski definition) is 2. The fourth-order valence-electron chi connectivity index (χ4n) is 3.30. The normalized spacial score (nSPS) is 16.8. The number of likely N-dealkylation sites (N-methyl/N-ethyl adjacent to an activating group) is 1. The number of carbonyl (C=O) groups is 1. The highest BCUT2D eigenvalue weighted by molar-refractivity contribution is 14.0. The van der Waals surface area contributed by atoms with E-state index in [2.05, 4.69) is 57.8 Å². The van der Waals surface area contributed by atoms with Gasteiger partial charge in [0.25, 0.3) is 0 Å². The number of rotatable bonds is 7. The molecule has 28 heavy (non-hydrogen) atoms. The summed E-state index contributed by atoms with van der Waals surface area (Å²) in [6.45, 7) is 8.29. The largest absolute Gasteiger partial charge is 0.357 e. The van der Waals surface area contributed by atoms with Crippen LogP contribution in [0.25, 0.3) is 0 Å². The molecule has 1 aromatic carbocycles. The number of halogens is 1. The molecule has 1 amide bonds. The van der Waals surface area contributed by atoms with Crippen molar-refractivity contribution >= 4 is 35.8 Å². The summed E-state index contributed by atoms with van der Waals surface area (Å²) in [5.74, 6) is 1.50. The Morgan fingerprint density at radius 3 is 2.43 bits per heavy atom. The van der Waals surface area contributed by atoms with Crippen LogP contribution in [-0.2, 0) is 4.79 Å². The lowest BCUT2D eigenvalue weighted by Crippen LogP contribution is -2.45. The summed E-state index contributed by atoms with van der Waals surface area (Å²) >= 11 is 0. The standard InChI is InChI=1S/C21H35N5O.HI/c1-5-22-21(24-16-20(27)25(3)4)23-15-19(18-9-7-6-8-10-18)26-13-11-17(2)12-14-26;/h6-10,17,19H,5,11-16H2,1-4H3,(H2,22,23,24);1H. The molecule has 0 radical (unpaired) electrons. The molecule has 0 saturated carbocycles. The van der Waals surface area contributed by atoms with Crippen molar-refractivity contribution in [3.8, 4) is 0 Å². The molecule has 0 bridgehead atoms. The van der Waals surface area contributed by atoms with Crippen LogP contribution in [0.5, 0.6) is 0 Å². The summed E-state index contributed by atoms with van der Waals surface area (Å²) in [7, 11) is 3.50.